The van der Waals surface area contributed by atoms with Gasteiger partial charge in [-0.15, -0.1) is 0 Å². The lowest BCUT2D eigenvalue weighted by Gasteiger charge is -2.11. The molecule has 0 radical (unpaired) electrons. The number of halogens is 2. The number of rotatable bonds is 5. The number of ether oxygens (including phenoxy) is 1. The Hall–Kier alpha value is -2.02. The number of amides is 1. The molecule has 0 saturated carbocycles. The van der Waals surface area contributed by atoms with Gasteiger partial charge in [0.2, 0.25) is 5.91 Å². The maximum absolute atomic E-state index is 13.5. The molecule has 0 aromatic heterocycles. The Morgan fingerprint density at radius 3 is 2.45 bits per heavy atom. The average molecular weight is 286 g/mol. The van der Waals surface area contributed by atoms with Crippen molar-refractivity contribution in [3.8, 4) is 0 Å². The van der Waals surface area contributed by atoms with E-state index in [2.05, 4.69) is 15.4 Å². The van der Waals surface area contributed by atoms with Crippen LogP contribution in [0.5, 0.6) is 0 Å². The van der Waals surface area contributed by atoms with Gasteiger partial charge in [0, 0.05) is 12.1 Å². The van der Waals surface area contributed by atoms with Crippen LogP contribution in [0.15, 0.2) is 12.1 Å². The molecule has 1 amide bonds. The zero-order valence-corrected chi connectivity index (χ0v) is 11.4. The van der Waals surface area contributed by atoms with E-state index in [0.717, 1.165) is 13.2 Å². The molecule has 0 unspecified atom stereocenters. The number of carbonyl (C=O) groups is 2. The molecule has 0 saturated heterocycles. The van der Waals surface area contributed by atoms with Crippen molar-refractivity contribution in [1.29, 1.82) is 0 Å². The summed E-state index contributed by atoms with van der Waals surface area (Å²) < 4.78 is 31.3. The van der Waals surface area contributed by atoms with Gasteiger partial charge >= 0.3 is 5.97 Å². The van der Waals surface area contributed by atoms with Gasteiger partial charge in [0.25, 0.3) is 0 Å². The second-order valence-corrected chi connectivity index (χ2v) is 4.39. The largest absolute Gasteiger partial charge is 0.465 e. The molecule has 0 bridgehead atoms. The van der Waals surface area contributed by atoms with Crippen LogP contribution in [0.25, 0.3) is 0 Å². The number of esters is 1. The summed E-state index contributed by atoms with van der Waals surface area (Å²) in [6, 6.07) is 1.52. The second-order valence-electron chi connectivity index (χ2n) is 4.39. The fourth-order valence-electron chi connectivity index (χ4n) is 1.40. The van der Waals surface area contributed by atoms with Crippen molar-refractivity contribution < 1.29 is 23.1 Å². The summed E-state index contributed by atoms with van der Waals surface area (Å²) in [5, 5.41) is 5.11. The summed E-state index contributed by atoms with van der Waals surface area (Å²) in [6.07, 6.45) is 0. The predicted molar refractivity (Wildman–Crippen MR) is 69.5 cm³/mol. The average Bonchev–Trinajstić information content (AvgIpc) is 2.38. The SMILES string of the molecule is COC(=O)c1cc(NC(=O)CNC(C)C)c(F)cc1F. The first kappa shape index (κ1) is 16.0. The Labute approximate surface area is 115 Å². The Balaban J connectivity index is 2.89. The minimum atomic E-state index is -1.05. The van der Waals surface area contributed by atoms with Gasteiger partial charge in [0.1, 0.15) is 11.6 Å². The highest BCUT2D eigenvalue weighted by atomic mass is 19.1. The Bertz CT molecular complexity index is 519. The summed E-state index contributed by atoms with van der Waals surface area (Å²) in [6.45, 7) is 3.67. The highest BCUT2D eigenvalue weighted by Gasteiger charge is 2.17. The lowest BCUT2D eigenvalue weighted by molar-refractivity contribution is -0.115. The molecule has 7 heteroatoms. The van der Waals surface area contributed by atoms with Crippen LogP contribution in [-0.4, -0.2) is 31.6 Å². The molecular weight excluding hydrogens is 270 g/mol. The molecule has 0 heterocycles. The van der Waals surface area contributed by atoms with Crippen molar-refractivity contribution >= 4 is 17.6 Å². The molecule has 20 heavy (non-hydrogen) atoms. The number of carbonyl (C=O) groups excluding carboxylic acids is 2. The molecule has 0 aliphatic heterocycles. The molecular formula is C13H16F2N2O3. The number of nitrogens with one attached hydrogen (secondary N) is 2. The normalized spacial score (nSPS) is 10.5. The summed E-state index contributed by atoms with van der Waals surface area (Å²) in [4.78, 5) is 22.8. The van der Waals surface area contributed by atoms with Gasteiger partial charge in [0.15, 0.2) is 0 Å². The van der Waals surface area contributed by atoms with Gasteiger partial charge < -0.3 is 15.4 Å². The van der Waals surface area contributed by atoms with Crippen LogP contribution in [0, 0.1) is 11.6 Å². The predicted octanol–water partition coefficient (Wildman–Crippen LogP) is 1.69. The highest BCUT2D eigenvalue weighted by molar-refractivity contribution is 5.95. The van der Waals surface area contributed by atoms with Crippen LogP contribution in [0.4, 0.5) is 14.5 Å². The standard InChI is InChI=1S/C13H16F2N2O3/c1-7(2)16-6-12(18)17-11-4-8(13(19)20-3)9(14)5-10(11)15/h4-5,7,16H,6H2,1-3H3,(H,17,18). The number of hydrogen-bond donors (Lipinski definition) is 2. The molecule has 0 aliphatic carbocycles. The second kappa shape index (κ2) is 6.95. The Morgan fingerprint density at radius 2 is 1.90 bits per heavy atom. The molecule has 0 fully saturated rings. The van der Waals surface area contributed by atoms with Crippen molar-refractivity contribution in [2.24, 2.45) is 0 Å². The van der Waals surface area contributed by atoms with Crippen molar-refractivity contribution in [1.82, 2.24) is 5.32 Å². The van der Waals surface area contributed by atoms with Crippen LogP contribution >= 0.6 is 0 Å². The first-order valence-corrected chi connectivity index (χ1v) is 5.95. The summed E-state index contributed by atoms with van der Waals surface area (Å²) in [7, 11) is 1.08. The third-order valence-corrected chi connectivity index (χ3v) is 2.41. The minimum absolute atomic E-state index is 0.0258. The van der Waals surface area contributed by atoms with Crippen LogP contribution in [0.2, 0.25) is 0 Å². The van der Waals surface area contributed by atoms with E-state index >= 15 is 0 Å². The van der Waals surface area contributed by atoms with Gasteiger partial charge in [-0.3, -0.25) is 4.79 Å². The van der Waals surface area contributed by atoms with Gasteiger partial charge in [0.05, 0.1) is 24.9 Å². The van der Waals surface area contributed by atoms with E-state index in [4.69, 9.17) is 0 Å². The van der Waals surface area contributed by atoms with Crippen molar-refractivity contribution in [2.45, 2.75) is 19.9 Å². The topological polar surface area (TPSA) is 67.4 Å². The van der Waals surface area contributed by atoms with Gasteiger partial charge in [-0.25, -0.2) is 13.6 Å². The maximum atomic E-state index is 13.5. The molecule has 110 valence electrons. The molecule has 1 aromatic rings. The van der Waals surface area contributed by atoms with Crippen molar-refractivity contribution in [2.75, 3.05) is 19.0 Å². The van der Waals surface area contributed by atoms with E-state index in [0.29, 0.717) is 6.07 Å². The van der Waals surface area contributed by atoms with E-state index in [1.54, 1.807) is 0 Å². The summed E-state index contributed by atoms with van der Waals surface area (Å²) in [5.41, 5.74) is -0.719. The number of anilines is 1. The molecule has 0 aliphatic rings. The lowest BCUT2D eigenvalue weighted by atomic mass is 10.1. The van der Waals surface area contributed by atoms with Crippen molar-refractivity contribution in [3.63, 3.8) is 0 Å². The maximum Gasteiger partial charge on any atom is 0.340 e. The van der Waals surface area contributed by atoms with Gasteiger partial charge in [-0.05, 0) is 6.07 Å². The lowest BCUT2D eigenvalue weighted by Crippen LogP contribution is -2.32. The van der Waals surface area contributed by atoms with Crippen LogP contribution in [-0.2, 0) is 9.53 Å². The molecule has 1 aromatic carbocycles. The van der Waals surface area contributed by atoms with E-state index in [9.17, 15) is 18.4 Å². The zero-order valence-electron chi connectivity index (χ0n) is 11.4. The molecule has 5 nitrogen and oxygen atoms in total. The summed E-state index contributed by atoms with van der Waals surface area (Å²) >= 11 is 0. The van der Waals surface area contributed by atoms with Gasteiger partial charge in [-0.1, -0.05) is 13.8 Å². The van der Waals surface area contributed by atoms with E-state index in [1.165, 1.54) is 0 Å². The van der Waals surface area contributed by atoms with E-state index < -0.39 is 29.1 Å². The van der Waals surface area contributed by atoms with Gasteiger partial charge in [-0.2, -0.15) is 0 Å². The van der Waals surface area contributed by atoms with Crippen LogP contribution in [0.3, 0.4) is 0 Å². The van der Waals surface area contributed by atoms with Crippen molar-refractivity contribution in [3.05, 3.63) is 29.3 Å². The first-order chi connectivity index (χ1) is 9.35. The number of hydrogen-bond acceptors (Lipinski definition) is 4. The molecule has 1 rings (SSSR count). The fourth-order valence-corrected chi connectivity index (χ4v) is 1.40. The third-order valence-electron chi connectivity index (χ3n) is 2.41. The first-order valence-electron chi connectivity index (χ1n) is 5.95. The number of benzene rings is 1. The van der Waals surface area contributed by atoms with E-state index in [1.807, 2.05) is 13.8 Å². The van der Waals surface area contributed by atoms with Crippen LogP contribution < -0.4 is 10.6 Å². The Kier molecular flexibility index (Phi) is 5.57. The highest BCUT2D eigenvalue weighted by Crippen LogP contribution is 2.20. The zero-order chi connectivity index (χ0) is 15.3. The fraction of sp³-hybridized carbons (Fsp3) is 0.385. The monoisotopic (exact) mass is 286 g/mol. The van der Waals surface area contributed by atoms with E-state index in [-0.39, 0.29) is 18.3 Å². The third kappa shape index (κ3) is 4.27. The minimum Gasteiger partial charge on any atom is -0.465 e. The Morgan fingerprint density at radius 1 is 1.25 bits per heavy atom. The molecule has 0 spiro atoms. The summed E-state index contributed by atoms with van der Waals surface area (Å²) in [5.74, 6) is -3.46. The number of methoxy groups -OCH3 is 1. The molecule has 2 N–H and O–H groups in total. The van der Waals surface area contributed by atoms with Crippen LogP contribution in [0.1, 0.15) is 24.2 Å². The quantitative estimate of drug-likeness (QED) is 0.808. The smallest absolute Gasteiger partial charge is 0.340 e. The molecule has 0 atom stereocenters.